The van der Waals surface area contributed by atoms with Gasteiger partial charge in [-0.25, -0.2) is 0 Å². The van der Waals surface area contributed by atoms with Crippen molar-refractivity contribution < 1.29 is 9.53 Å². The van der Waals surface area contributed by atoms with E-state index in [1.54, 1.807) is 0 Å². The number of amides is 1. The first-order valence-corrected chi connectivity index (χ1v) is 7.22. The van der Waals surface area contributed by atoms with Crippen molar-refractivity contribution in [2.75, 3.05) is 13.2 Å². The predicted octanol–water partition coefficient (Wildman–Crippen LogP) is 2.40. The lowest BCUT2D eigenvalue weighted by Gasteiger charge is -2.26. The Bertz CT molecular complexity index is 434. The van der Waals surface area contributed by atoms with E-state index >= 15 is 0 Å². The topological polar surface area (TPSA) is 64.3 Å². The summed E-state index contributed by atoms with van der Waals surface area (Å²) in [6.07, 6.45) is 2.54. The molecule has 0 spiro atoms. The van der Waals surface area contributed by atoms with Crippen molar-refractivity contribution in [3.05, 3.63) is 29.8 Å². The second-order valence-corrected chi connectivity index (χ2v) is 5.35. The lowest BCUT2D eigenvalue weighted by Crippen LogP contribution is -2.53. The van der Waals surface area contributed by atoms with E-state index < -0.39 is 5.54 Å². The highest BCUT2D eigenvalue weighted by atomic mass is 16.5. The van der Waals surface area contributed by atoms with Gasteiger partial charge in [0.1, 0.15) is 5.75 Å². The molecule has 0 aromatic heterocycles. The average Bonchev–Trinajstić information content (AvgIpc) is 2.38. The van der Waals surface area contributed by atoms with E-state index in [4.69, 9.17) is 10.5 Å². The van der Waals surface area contributed by atoms with Crippen molar-refractivity contribution in [2.24, 2.45) is 5.73 Å². The molecule has 20 heavy (non-hydrogen) atoms. The second kappa shape index (κ2) is 7.90. The molecule has 0 aliphatic carbocycles. The Kier molecular flexibility index (Phi) is 6.52. The van der Waals surface area contributed by atoms with Crippen LogP contribution in [0.15, 0.2) is 24.3 Å². The Labute approximate surface area is 121 Å². The molecule has 1 unspecified atom stereocenters. The lowest BCUT2D eigenvalue weighted by molar-refractivity contribution is -0.124. The Morgan fingerprint density at radius 1 is 1.40 bits per heavy atom. The number of aryl methyl sites for hydroxylation is 1. The number of nitrogens with two attached hydrogens (primary N) is 1. The third-order valence-corrected chi connectivity index (χ3v) is 3.44. The molecule has 1 amide bonds. The zero-order valence-electron chi connectivity index (χ0n) is 12.7. The van der Waals surface area contributed by atoms with E-state index in [1.165, 1.54) is 5.56 Å². The van der Waals surface area contributed by atoms with E-state index in [0.717, 1.165) is 31.6 Å². The maximum atomic E-state index is 11.5. The van der Waals surface area contributed by atoms with Gasteiger partial charge in [0.05, 0.1) is 12.1 Å². The minimum Gasteiger partial charge on any atom is -0.494 e. The van der Waals surface area contributed by atoms with E-state index in [9.17, 15) is 4.79 Å². The van der Waals surface area contributed by atoms with Gasteiger partial charge in [-0.1, -0.05) is 19.1 Å². The number of benzene rings is 1. The van der Waals surface area contributed by atoms with E-state index in [1.807, 2.05) is 45.0 Å². The molecule has 0 heterocycles. The minimum atomic E-state index is -0.613. The van der Waals surface area contributed by atoms with Gasteiger partial charge in [-0.15, -0.1) is 0 Å². The zero-order chi connectivity index (χ0) is 15.0. The summed E-state index contributed by atoms with van der Waals surface area (Å²) in [5, 5.41) is 3.16. The number of primary amides is 1. The van der Waals surface area contributed by atoms with Crippen LogP contribution in [0, 0.1) is 6.92 Å². The molecular weight excluding hydrogens is 252 g/mol. The zero-order valence-corrected chi connectivity index (χ0v) is 12.7. The molecule has 1 rings (SSSR count). The number of rotatable bonds is 9. The summed E-state index contributed by atoms with van der Waals surface area (Å²) in [7, 11) is 0. The molecule has 112 valence electrons. The van der Waals surface area contributed by atoms with Gasteiger partial charge < -0.3 is 15.8 Å². The fourth-order valence-corrected chi connectivity index (χ4v) is 2.16. The highest BCUT2D eigenvalue weighted by molar-refractivity contribution is 5.84. The predicted molar refractivity (Wildman–Crippen MR) is 81.8 cm³/mol. The van der Waals surface area contributed by atoms with E-state index in [-0.39, 0.29) is 5.91 Å². The molecule has 3 N–H and O–H groups in total. The number of ether oxygens (including phenoxy) is 1. The molecule has 0 aliphatic heterocycles. The van der Waals surface area contributed by atoms with E-state index in [2.05, 4.69) is 5.32 Å². The van der Waals surface area contributed by atoms with Gasteiger partial charge in [0.25, 0.3) is 0 Å². The largest absolute Gasteiger partial charge is 0.494 e. The van der Waals surface area contributed by atoms with Crippen molar-refractivity contribution in [2.45, 2.75) is 45.6 Å². The third-order valence-electron chi connectivity index (χ3n) is 3.44. The maximum Gasteiger partial charge on any atom is 0.237 e. The number of unbranched alkanes of at least 4 members (excludes halogenated alkanes) is 1. The quantitative estimate of drug-likeness (QED) is 0.682. The molecule has 0 fully saturated rings. The number of carbonyl (C=O) groups excluding carboxylic acids is 1. The van der Waals surface area contributed by atoms with Crippen LogP contribution in [-0.2, 0) is 4.79 Å². The molecule has 1 aromatic carbocycles. The van der Waals surface area contributed by atoms with Gasteiger partial charge in [-0.3, -0.25) is 4.79 Å². The second-order valence-electron chi connectivity index (χ2n) is 5.35. The minimum absolute atomic E-state index is 0.293. The normalized spacial score (nSPS) is 13.8. The van der Waals surface area contributed by atoms with Crippen LogP contribution in [0.1, 0.15) is 38.7 Å². The maximum absolute atomic E-state index is 11.5. The Hall–Kier alpha value is -1.55. The van der Waals surface area contributed by atoms with Gasteiger partial charge in [0.2, 0.25) is 5.91 Å². The Morgan fingerprint density at radius 3 is 2.75 bits per heavy atom. The highest BCUT2D eigenvalue weighted by Crippen LogP contribution is 2.15. The van der Waals surface area contributed by atoms with Crippen LogP contribution in [0.25, 0.3) is 0 Å². The van der Waals surface area contributed by atoms with Crippen molar-refractivity contribution in [1.29, 1.82) is 0 Å². The van der Waals surface area contributed by atoms with Crippen LogP contribution >= 0.6 is 0 Å². The molecule has 4 nitrogen and oxygen atoms in total. The van der Waals surface area contributed by atoms with Crippen LogP contribution in [0.4, 0.5) is 0 Å². The number of nitrogens with one attached hydrogen (secondary N) is 1. The summed E-state index contributed by atoms with van der Waals surface area (Å²) >= 11 is 0. The summed E-state index contributed by atoms with van der Waals surface area (Å²) in [6.45, 7) is 7.27. The van der Waals surface area contributed by atoms with Crippen molar-refractivity contribution >= 4 is 5.91 Å². The van der Waals surface area contributed by atoms with Crippen molar-refractivity contribution in [3.8, 4) is 5.75 Å². The summed E-state index contributed by atoms with van der Waals surface area (Å²) in [4.78, 5) is 11.5. The first kappa shape index (κ1) is 16.5. The van der Waals surface area contributed by atoms with Gasteiger partial charge >= 0.3 is 0 Å². The number of hydrogen-bond acceptors (Lipinski definition) is 3. The Balaban J connectivity index is 2.29. The number of likely N-dealkylation sites (N-methyl/N-ethyl adjacent to an activating group) is 1. The molecule has 0 radical (unpaired) electrons. The lowest BCUT2D eigenvalue weighted by atomic mass is 9.94. The van der Waals surface area contributed by atoms with Gasteiger partial charge in [0.15, 0.2) is 0 Å². The SMILES string of the molecule is CCNC(C)(CCCCOc1cccc(C)c1)C(N)=O. The summed E-state index contributed by atoms with van der Waals surface area (Å²) in [6, 6.07) is 8.01. The highest BCUT2D eigenvalue weighted by Gasteiger charge is 2.28. The first-order chi connectivity index (χ1) is 9.48. The third kappa shape index (κ3) is 5.21. The number of hydrogen-bond donors (Lipinski definition) is 2. The summed E-state index contributed by atoms with van der Waals surface area (Å²) in [5.74, 6) is 0.605. The van der Waals surface area contributed by atoms with Crippen molar-refractivity contribution in [3.63, 3.8) is 0 Å². The monoisotopic (exact) mass is 278 g/mol. The smallest absolute Gasteiger partial charge is 0.237 e. The molecular formula is C16H26N2O2. The molecule has 0 saturated carbocycles. The fourth-order valence-electron chi connectivity index (χ4n) is 2.16. The van der Waals surface area contributed by atoms with Crippen LogP contribution in [-0.4, -0.2) is 24.6 Å². The fraction of sp³-hybridized carbons (Fsp3) is 0.562. The van der Waals surface area contributed by atoms with Crippen LogP contribution in [0.5, 0.6) is 5.75 Å². The first-order valence-electron chi connectivity index (χ1n) is 7.22. The summed E-state index contributed by atoms with van der Waals surface area (Å²) < 4.78 is 5.69. The number of carbonyl (C=O) groups is 1. The van der Waals surface area contributed by atoms with Gasteiger partial charge in [-0.2, -0.15) is 0 Å². The van der Waals surface area contributed by atoms with Gasteiger partial charge in [0, 0.05) is 0 Å². The Morgan fingerprint density at radius 2 is 2.15 bits per heavy atom. The van der Waals surface area contributed by atoms with E-state index in [0.29, 0.717) is 6.61 Å². The average molecular weight is 278 g/mol. The molecule has 0 saturated heterocycles. The molecule has 1 aromatic rings. The standard InChI is InChI=1S/C16H26N2O2/c1-4-18-16(3,15(17)19)10-5-6-11-20-14-9-7-8-13(2)12-14/h7-9,12,18H,4-6,10-11H2,1-3H3,(H2,17,19). The molecule has 0 aliphatic rings. The molecule has 4 heteroatoms. The van der Waals surface area contributed by atoms with Gasteiger partial charge in [-0.05, 0) is 57.4 Å². The molecule has 0 bridgehead atoms. The van der Waals surface area contributed by atoms with Crippen molar-refractivity contribution in [1.82, 2.24) is 5.32 Å². The van der Waals surface area contributed by atoms with Crippen LogP contribution < -0.4 is 15.8 Å². The van der Waals surface area contributed by atoms with Crippen LogP contribution in [0.3, 0.4) is 0 Å². The van der Waals surface area contributed by atoms with Crippen LogP contribution in [0.2, 0.25) is 0 Å². The summed E-state index contributed by atoms with van der Waals surface area (Å²) in [5.41, 5.74) is 6.02. The molecule has 1 atom stereocenters.